The van der Waals surface area contributed by atoms with Crippen molar-refractivity contribution in [1.82, 2.24) is 20.2 Å². The van der Waals surface area contributed by atoms with Crippen LogP contribution in [0.5, 0.6) is 0 Å². The maximum Gasteiger partial charge on any atom is 0.220 e. The standard InChI is InChI=1S/C13H24N6O2/c1-3-11(13-15-16-17-19(13)8-9-21-2)18-6-4-10(5-7-18)12(14)20/h10-11H,3-9H2,1-2H3,(H2,14,20)/p+1/t11-/m0/s1. The van der Waals surface area contributed by atoms with Crippen molar-refractivity contribution in [3.05, 3.63) is 5.82 Å². The quantitative estimate of drug-likeness (QED) is 0.641. The van der Waals surface area contributed by atoms with E-state index in [2.05, 4.69) is 22.4 Å². The van der Waals surface area contributed by atoms with Crippen molar-refractivity contribution in [2.24, 2.45) is 11.7 Å². The largest absolute Gasteiger partial charge is 0.383 e. The molecule has 118 valence electrons. The molecular weight excluding hydrogens is 272 g/mol. The molecule has 2 rings (SSSR count). The van der Waals surface area contributed by atoms with Crippen LogP contribution in [0.2, 0.25) is 0 Å². The number of carbonyl (C=O) groups excluding carboxylic acids is 1. The molecule has 8 nitrogen and oxygen atoms in total. The molecule has 0 bridgehead atoms. The number of rotatable bonds is 7. The van der Waals surface area contributed by atoms with Crippen LogP contribution in [0.1, 0.15) is 38.1 Å². The molecule has 1 amide bonds. The number of aromatic nitrogens is 4. The van der Waals surface area contributed by atoms with Gasteiger partial charge in [0.25, 0.3) is 0 Å². The summed E-state index contributed by atoms with van der Waals surface area (Å²) in [5, 5.41) is 12.1. The van der Waals surface area contributed by atoms with E-state index in [1.54, 1.807) is 7.11 Å². The van der Waals surface area contributed by atoms with Crippen molar-refractivity contribution in [3.63, 3.8) is 0 Å². The molecule has 0 radical (unpaired) electrons. The molecule has 0 aromatic carbocycles. The van der Waals surface area contributed by atoms with E-state index in [1.165, 1.54) is 4.90 Å². The maximum atomic E-state index is 11.3. The molecule has 0 aliphatic carbocycles. The lowest BCUT2D eigenvalue weighted by atomic mass is 9.94. The van der Waals surface area contributed by atoms with Gasteiger partial charge in [0.15, 0.2) is 0 Å². The number of ether oxygens (including phenoxy) is 1. The fourth-order valence-electron chi connectivity index (χ4n) is 3.07. The number of carbonyl (C=O) groups is 1. The number of methoxy groups -OCH3 is 1. The summed E-state index contributed by atoms with van der Waals surface area (Å²) in [6.45, 7) is 5.26. The lowest BCUT2D eigenvalue weighted by molar-refractivity contribution is -0.938. The van der Waals surface area contributed by atoms with Gasteiger partial charge < -0.3 is 15.4 Å². The summed E-state index contributed by atoms with van der Waals surface area (Å²) in [5.41, 5.74) is 5.40. The summed E-state index contributed by atoms with van der Waals surface area (Å²) >= 11 is 0. The molecule has 2 heterocycles. The Hall–Kier alpha value is -1.54. The van der Waals surface area contributed by atoms with Gasteiger partial charge in [-0.2, -0.15) is 0 Å². The van der Waals surface area contributed by atoms with Crippen LogP contribution in [0.25, 0.3) is 0 Å². The van der Waals surface area contributed by atoms with Gasteiger partial charge in [0, 0.05) is 32.3 Å². The van der Waals surface area contributed by atoms with Gasteiger partial charge in [-0.25, -0.2) is 4.68 Å². The Morgan fingerprint density at radius 2 is 2.24 bits per heavy atom. The number of hydrogen-bond acceptors (Lipinski definition) is 5. The van der Waals surface area contributed by atoms with E-state index in [0.29, 0.717) is 13.2 Å². The minimum atomic E-state index is -0.174. The molecule has 1 aliphatic heterocycles. The summed E-state index contributed by atoms with van der Waals surface area (Å²) in [5.74, 6) is 0.754. The number of nitrogens with zero attached hydrogens (tertiary/aromatic N) is 4. The molecule has 0 unspecified atom stereocenters. The lowest BCUT2D eigenvalue weighted by Crippen LogP contribution is -3.13. The van der Waals surface area contributed by atoms with Crippen LogP contribution in [-0.2, 0) is 16.1 Å². The Kier molecular flexibility index (Phi) is 5.63. The third-order valence-electron chi connectivity index (χ3n) is 4.31. The number of tetrazole rings is 1. The van der Waals surface area contributed by atoms with Gasteiger partial charge in [-0.3, -0.25) is 4.79 Å². The van der Waals surface area contributed by atoms with Gasteiger partial charge in [-0.05, 0) is 10.4 Å². The third-order valence-corrected chi connectivity index (χ3v) is 4.31. The number of likely N-dealkylation sites (tertiary alicyclic amines) is 1. The number of nitrogens with one attached hydrogen (secondary N) is 1. The molecule has 3 N–H and O–H groups in total. The van der Waals surface area contributed by atoms with E-state index >= 15 is 0 Å². The van der Waals surface area contributed by atoms with E-state index in [1.807, 2.05) is 4.68 Å². The van der Waals surface area contributed by atoms with Gasteiger partial charge in [-0.1, -0.05) is 6.92 Å². The monoisotopic (exact) mass is 297 g/mol. The van der Waals surface area contributed by atoms with Crippen molar-refractivity contribution in [2.45, 2.75) is 38.8 Å². The van der Waals surface area contributed by atoms with Crippen molar-refractivity contribution in [3.8, 4) is 0 Å². The molecule has 1 atom stereocenters. The molecule has 1 aliphatic rings. The van der Waals surface area contributed by atoms with Crippen LogP contribution in [0.15, 0.2) is 0 Å². The number of hydrogen-bond donors (Lipinski definition) is 2. The van der Waals surface area contributed by atoms with Crippen LogP contribution in [-0.4, -0.2) is 52.9 Å². The SMILES string of the molecule is CC[C@@H](c1nnnn1CCOC)[NH+]1CCC(C(N)=O)CC1. The first-order chi connectivity index (χ1) is 10.2. The van der Waals surface area contributed by atoms with E-state index in [4.69, 9.17) is 10.5 Å². The Balaban J connectivity index is 2.03. The van der Waals surface area contributed by atoms with Gasteiger partial charge in [0.1, 0.15) is 6.04 Å². The normalized spacial score (nSPS) is 23.9. The number of amides is 1. The summed E-state index contributed by atoms with van der Waals surface area (Å²) in [6.07, 6.45) is 2.66. The fourth-order valence-corrected chi connectivity index (χ4v) is 3.07. The molecule has 21 heavy (non-hydrogen) atoms. The van der Waals surface area contributed by atoms with Gasteiger partial charge >= 0.3 is 0 Å². The Labute approximate surface area is 124 Å². The molecule has 0 saturated carbocycles. The van der Waals surface area contributed by atoms with Crippen LogP contribution in [0, 0.1) is 5.92 Å². The average Bonchev–Trinajstić information content (AvgIpc) is 2.95. The fraction of sp³-hybridized carbons (Fsp3) is 0.846. The topological polar surface area (TPSA) is 100 Å². The zero-order valence-corrected chi connectivity index (χ0v) is 12.8. The zero-order chi connectivity index (χ0) is 15.2. The van der Waals surface area contributed by atoms with E-state index in [9.17, 15) is 4.79 Å². The molecule has 1 fully saturated rings. The minimum absolute atomic E-state index is 0.0238. The number of primary amides is 1. The first kappa shape index (κ1) is 15.8. The van der Waals surface area contributed by atoms with E-state index in [-0.39, 0.29) is 17.9 Å². The highest BCUT2D eigenvalue weighted by Crippen LogP contribution is 2.14. The smallest absolute Gasteiger partial charge is 0.220 e. The number of nitrogens with two attached hydrogens (primary N) is 1. The number of piperidine rings is 1. The maximum absolute atomic E-state index is 11.3. The molecule has 0 spiro atoms. The summed E-state index contributed by atoms with van der Waals surface area (Å²) < 4.78 is 6.92. The zero-order valence-electron chi connectivity index (χ0n) is 12.8. The average molecular weight is 297 g/mol. The van der Waals surface area contributed by atoms with Crippen molar-refractivity contribution >= 4 is 5.91 Å². The first-order valence-electron chi connectivity index (χ1n) is 7.56. The number of quaternary nitrogens is 1. The van der Waals surface area contributed by atoms with Crippen LogP contribution in [0.4, 0.5) is 0 Å². The van der Waals surface area contributed by atoms with Gasteiger partial charge in [-0.15, -0.1) is 5.10 Å². The Bertz CT molecular complexity index is 455. The molecule has 1 saturated heterocycles. The highest BCUT2D eigenvalue weighted by atomic mass is 16.5. The van der Waals surface area contributed by atoms with Crippen molar-refractivity contribution in [1.29, 1.82) is 0 Å². The Morgan fingerprint density at radius 3 is 2.81 bits per heavy atom. The van der Waals surface area contributed by atoms with Crippen molar-refractivity contribution in [2.75, 3.05) is 26.8 Å². The van der Waals surface area contributed by atoms with Crippen LogP contribution >= 0.6 is 0 Å². The van der Waals surface area contributed by atoms with Gasteiger partial charge in [0.05, 0.1) is 26.2 Å². The third kappa shape index (κ3) is 3.76. The molecule has 1 aromatic heterocycles. The van der Waals surface area contributed by atoms with Crippen molar-refractivity contribution < 1.29 is 14.4 Å². The minimum Gasteiger partial charge on any atom is -0.383 e. The first-order valence-corrected chi connectivity index (χ1v) is 7.56. The molecule has 1 aromatic rings. The summed E-state index contributed by atoms with van der Waals surface area (Å²) in [6, 6.07) is 0.255. The second kappa shape index (κ2) is 7.46. The summed E-state index contributed by atoms with van der Waals surface area (Å²) in [4.78, 5) is 12.7. The van der Waals surface area contributed by atoms with E-state index in [0.717, 1.165) is 38.2 Å². The Morgan fingerprint density at radius 1 is 1.52 bits per heavy atom. The highest BCUT2D eigenvalue weighted by Gasteiger charge is 2.33. The second-order valence-electron chi connectivity index (χ2n) is 5.55. The van der Waals surface area contributed by atoms with E-state index < -0.39 is 0 Å². The van der Waals surface area contributed by atoms with Crippen LogP contribution < -0.4 is 10.6 Å². The molecular formula is C13H25N6O2+. The lowest BCUT2D eigenvalue weighted by Gasteiger charge is -2.32. The highest BCUT2D eigenvalue weighted by molar-refractivity contribution is 5.76. The second-order valence-corrected chi connectivity index (χ2v) is 5.55. The predicted octanol–water partition coefficient (Wildman–Crippen LogP) is -1.45. The predicted molar refractivity (Wildman–Crippen MR) is 75.3 cm³/mol. The van der Waals surface area contributed by atoms with Gasteiger partial charge in [0.2, 0.25) is 11.7 Å². The van der Waals surface area contributed by atoms with Crippen LogP contribution in [0.3, 0.4) is 0 Å². The molecule has 8 heteroatoms. The summed E-state index contributed by atoms with van der Waals surface area (Å²) in [7, 11) is 1.67.